The summed E-state index contributed by atoms with van der Waals surface area (Å²) >= 11 is 0. The zero-order chi connectivity index (χ0) is 13.5. The molecule has 0 aromatic carbocycles. The smallest absolute Gasteiger partial charge is 0.236 e. The maximum absolute atomic E-state index is 12.0. The van der Waals surface area contributed by atoms with Crippen molar-refractivity contribution in [1.82, 2.24) is 9.80 Å². The SMILES string of the molecule is CCN(CCO)CC(=O)N1CCC(C(N)=O)CC1. The van der Waals surface area contributed by atoms with Crippen LogP contribution in [0.15, 0.2) is 0 Å². The molecule has 0 saturated carbocycles. The molecule has 1 heterocycles. The summed E-state index contributed by atoms with van der Waals surface area (Å²) in [5.41, 5.74) is 5.25. The summed E-state index contributed by atoms with van der Waals surface area (Å²) in [6.45, 7) is 4.81. The number of hydrogen-bond donors (Lipinski definition) is 2. The lowest BCUT2D eigenvalue weighted by Gasteiger charge is -2.32. The minimum absolute atomic E-state index is 0.0604. The molecule has 0 aliphatic carbocycles. The number of rotatable bonds is 6. The molecule has 0 aromatic rings. The molecule has 1 saturated heterocycles. The second-order valence-electron chi connectivity index (χ2n) is 4.65. The van der Waals surface area contributed by atoms with Crippen LogP contribution in [0.1, 0.15) is 19.8 Å². The third kappa shape index (κ3) is 4.27. The Morgan fingerprint density at radius 2 is 2.00 bits per heavy atom. The predicted octanol–water partition coefficient (Wildman–Crippen LogP) is -0.975. The van der Waals surface area contributed by atoms with E-state index in [9.17, 15) is 9.59 Å². The third-order valence-corrected chi connectivity index (χ3v) is 3.47. The molecule has 0 aromatic heterocycles. The van der Waals surface area contributed by atoms with E-state index in [0.29, 0.717) is 39.0 Å². The molecule has 0 bridgehead atoms. The second-order valence-corrected chi connectivity index (χ2v) is 4.65. The summed E-state index contributed by atoms with van der Waals surface area (Å²) in [6, 6.07) is 0. The molecule has 6 nitrogen and oxygen atoms in total. The number of likely N-dealkylation sites (tertiary alicyclic amines) is 1. The fraction of sp³-hybridized carbons (Fsp3) is 0.833. The maximum atomic E-state index is 12.0. The minimum Gasteiger partial charge on any atom is -0.395 e. The quantitative estimate of drug-likeness (QED) is 0.640. The van der Waals surface area contributed by atoms with E-state index in [2.05, 4.69) is 0 Å². The number of likely N-dealkylation sites (N-methyl/N-ethyl adjacent to an activating group) is 1. The van der Waals surface area contributed by atoms with Crippen molar-refractivity contribution in [3.8, 4) is 0 Å². The second kappa shape index (κ2) is 7.33. The molecule has 1 aliphatic heterocycles. The van der Waals surface area contributed by atoms with Crippen LogP contribution in [0.4, 0.5) is 0 Å². The van der Waals surface area contributed by atoms with Crippen molar-refractivity contribution in [1.29, 1.82) is 0 Å². The van der Waals surface area contributed by atoms with E-state index < -0.39 is 0 Å². The maximum Gasteiger partial charge on any atom is 0.236 e. The Bertz CT molecular complexity index is 288. The lowest BCUT2D eigenvalue weighted by molar-refractivity contribution is -0.136. The number of primary amides is 1. The highest BCUT2D eigenvalue weighted by atomic mass is 16.3. The van der Waals surface area contributed by atoms with Crippen molar-refractivity contribution in [2.24, 2.45) is 11.7 Å². The molecular formula is C12H23N3O3. The van der Waals surface area contributed by atoms with Crippen LogP contribution < -0.4 is 5.73 Å². The van der Waals surface area contributed by atoms with Crippen molar-refractivity contribution in [2.45, 2.75) is 19.8 Å². The van der Waals surface area contributed by atoms with Gasteiger partial charge in [-0.1, -0.05) is 6.92 Å². The summed E-state index contributed by atoms with van der Waals surface area (Å²) in [6.07, 6.45) is 1.32. The van der Waals surface area contributed by atoms with Gasteiger partial charge in [0.1, 0.15) is 0 Å². The number of nitrogens with two attached hydrogens (primary N) is 1. The van der Waals surface area contributed by atoms with E-state index in [4.69, 9.17) is 10.8 Å². The Morgan fingerprint density at radius 1 is 1.39 bits per heavy atom. The fourth-order valence-electron chi connectivity index (χ4n) is 2.20. The lowest BCUT2D eigenvalue weighted by Crippen LogP contribution is -2.46. The van der Waals surface area contributed by atoms with Crippen LogP contribution in [-0.2, 0) is 9.59 Å². The standard InChI is InChI=1S/C12H23N3O3/c1-2-14(7-8-16)9-11(17)15-5-3-10(4-6-15)12(13)18/h10,16H,2-9H2,1H3,(H2,13,18). The molecular weight excluding hydrogens is 234 g/mol. The van der Waals surface area contributed by atoms with Crippen molar-refractivity contribution >= 4 is 11.8 Å². The van der Waals surface area contributed by atoms with Crippen molar-refractivity contribution in [3.63, 3.8) is 0 Å². The highest BCUT2D eigenvalue weighted by Crippen LogP contribution is 2.16. The highest BCUT2D eigenvalue weighted by molar-refractivity contribution is 5.80. The minimum atomic E-state index is -0.266. The molecule has 0 atom stereocenters. The first-order valence-electron chi connectivity index (χ1n) is 6.48. The average Bonchev–Trinajstić information content (AvgIpc) is 2.38. The van der Waals surface area contributed by atoms with Gasteiger partial charge >= 0.3 is 0 Å². The number of hydrogen-bond acceptors (Lipinski definition) is 4. The van der Waals surface area contributed by atoms with Crippen LogP contribution in [-0.4, -0.2) is 66.1 Å². The number of carbonyl (C=O) groups is 2. The van der Waals surface area contributed by atoms with Gasteiger partial charge in [-0.15, -0.1) is 0 Å². The molecule has 3 N–H and O–H groups in total. The summed E-state index contributed by atoms with van der Waals surface area (Å²) < 4.78 is 0. The molecule has 104 valence electrons. The fourth-order valence-corrected chi connectivity index (χ4v) is 2.20. The van der Waals surface area contributed by atoms with Crippen molar-refractivity contribution < 1.29 is 14.7 Å². The van der Waals surface area contributed by atoms with Crippen LogP contribution >= 0.6 is 0 Å². The molecule has 18 heavy (non-hydrogen) atoms. The van der Waals surface area contributed by atoms with E-state index in [-0.39, 0.29) is 24.3 Å². The average molecular weight is 257 g/mol. The molecule has 6 heteroatoms. The predicted molar refractivity (Wildman–Crippen MR) is 67.7 cm³/mol. The zero-order valence-corrected chi connectivity index (χ0v) is 11.0. The number of aliphatic hydroxyl groups is 1. The van der Waals surface area contributed by atoms with E-state index >= 15 is 0 Å². The van der Waals surface area contributed by atoms with Gasteiger partial charge in [-0.2, -0.15) is 0 Å². The number of carbonyl (C=O) groups excluding carboxylic acids is 2. The number of piperidine rings is 1. The van der Waals surface area contributed by atoms with Crippen LogP contribution in [0, 0.1) is 5.92 Å². The van der Waals surface area contributed by atoms with Gasteiger partial charge in [0.15, 0.2) is 0 Å². The summed E-state index contributed by atoms with van der Waals surface area (Å²) in [5.74, 6) is -0.292. The molecule has 1 fully saturated rings. The summed E-state index contributed by atoms with van der Waals surface area (Å²) in [7, 11) is 0. The number of nitrogens with zero attached hydrogens (tertiary/aromatic N) is 2. The molecule has 0 radical (unpaired) electrons. The first-order valence-corrected chi connectivity index (χ1v) is 6.48. The normalized spacial score (nSPS) is 17.2. The van der Waals surface area contributed by atoms with Gasteiger partial charge in [-0.25, -0.2) is 0 Å². The highest BCUT2D eigenvalue weighted by Gasteiger charge is 2.26. The Hall–Kier alpha value is -1.14. The van der Waals surface area contributed by atoms with E-state index in [0.717, 1.165) is 6.54 Å². The van der Waals surface area contributed by atoms with Gasteiger partial charge in [0.05, 0.1) is 13.2 Å². The van der Waals surface area contributed by atoms with Crippen LogP contribution in [0.25, 0.3) is 0 Å². The van der Waals surface area contributed by atoms with E-state index in [1.165, 1.54) is 0 Å². The van der Waals surface area contributed by atoms with E-state index in [1.54, 1.807) is 4.90 Å². The first kappa shape index (κ1) is 14.9. The zero-order valence-electron chi connectivity index (χ0n) is 11.0. The van der Waals surface area contributed by atoms with Crippen molar-refractivity contribution in [3.05, 3.63) is 0 Å². The number of amides is 2. The Morgan fingerprint density at radius 3 is 2.44 bits per heavy atom. The lowest BCUT2D eigenvalue weighted by atomic mass is 9.96. The Kier molecular flexibility index (Phi) is 6.07. The Labute approximate surface area is 108 Å². The molecule has 0 spiro atoms. The first-order chi connectivity index (χ1) is 8.58. The van der Waals surface area contributed by atoms with E-state index in [1.807, 2.05) is 11.8 Å². The monoisotopic (exact) mass is 257 g/mol. The van der Waals surface area contributed by atoms with Gasteiger partial charge < -0.3 is 15.7 Å². The molecule has 1 rings (SSSR count). The van der Waals surface area contributed by atoms with Gasteiger partial charge in [-0.3, -0.25) is 14.5 Å². The van der Waals surface area contributed by atoms with Gasteiger partial charge in [0.25, 0.3) is 0 Å². The molecule has 0 unspecified atom stereocenters. The van der Waals surface area contributed by atoms with Gasteiger partial charge in [0, 0.05) is 25.6 Å². The van der Waals surface area contributed by atoms with Crippen LogP contribution in [0.2, 0.25) is 0 Å². The van der Waals surface area contributed by atoms with Crippen LogP contribution in [0.5, 0.6) is 0 Å². The largest absolute Gasteiger partial charge is 0.395 e. The van der Waals surface area contributed by atoms with Gasteiger partial charge in [-0.05, 0) is 19.4 Å². The molecule has 1 aliphatic rings. The van der Waals surface area contributed by atoms with Crippen LogP contribution in [0.3, 0.4) is 0 Å². The number of aliphatic hydroxyl groups excluding tert-OH is 1. The molecule has 2 amide bonds. The third-order valence-electron chi connectivity index (χ3n) is 3.47. The van der Waals surface area contributed by atoms with Crippen molar-refractivity contribution in [2.75, 3.05) is 39.3 Å². The summed E-state index contributed by atoms with van der Waals surface area (Å²) in [5, 5.41) is 8.87. The summed E-state index contributed by atoms with van der Waals surface area (Å²) in [4.78, 5) is 26.7. The Balaban J connectivity index is 2.37. The topological polar surface area (TPSA) is 86.9 Å². The van der Waals surface area contributed by atoms with Gasteiger partial charge in [0.2, 0.25) is 11.8 Å².